The summed E-state index contributed by atoms with van der Waals surface area (Å²) in [5.41, 5.74) is 0.769. The summed E-state index contributed by atoms with van der Waals surface area (Å²) in [4.78, 5) is 26.1. The number of hydrogen-bond donors (Lipinski definition) is 0. The van der Waals surface area contributed by atoms with Gasteiger partial charge in [-0.05, 0) is 31.4 Å². The Labute approximate surface area is 164 Å². The third-order valence-electron chi connectivity index (χ3n) is 5.36. The van der Waals surface area contributed by atoms with Crippen molar-refractivity contribution in [1.82, 2.24) is 13.8 Å². The van der Waals surface area contributed by atoms with Crippen molar-refractivity contribution in [3.63, 3.8) is 0 Å². The zero-order valence-electron chi connectivity index (χ0n) is 16.6. The van der Waals surface area contributed by atoms with Gasteiger partial charge in [0.1, 0.15) is 0 Å². The van der Waals surface area contributed by atoms with E-state index in [9.17, 15) is 18.0 Å². The SMILES string of the molecule is CCCCN(C)C(=O)[C@H]1CCCN(S(=O)(=O)c2ccc3c(c2)oc(=O)n3C)C1. The summed E-state index contributed by atoms with van der Waals surface area (Å²) >= 11 is 0. The van der Waals surface area contributed by atoms with Crippen LogP contribution in [0.4, 0.5) is 0 Å². The van der Waals surface area contributed by atoms with Crippen molar-refractivity contribution in [3.8, 4) is 0 Å². The van der Waals surface area contributed by atoms with E-state index in [1.54, 1.807) is 25.1 Å². The number of benzene rings is 1. The number of aryl methyl sites for hydroxylation is 1. The van der Waals surface area contributed by atoms with Crippen molar-refractivity contribution in [2.24, 2.45) is 13.0 Å². The molecule has 0 radical (unpaired) electrons. The van der Waals surface area contributed by atoms with Crippen LogP contribution in [0, 0.1) is 5.92 Å². The standard InChI is InChI=1S/C19H27N3O5S/c1-4-5-10-20(2)18(23)14-7-6-11-22(13-14)28(25,26)15-8-9-16-17(12-15)27-19(24)21(16)3/h8-9,12,14H,4-7,10-11,13H2,1-3H3/t14-/m0/s1. The molecular formula is C19H27N3O5S. The van der Waals surface area contributed by atoms with Crippen LogP contribution in [-0.2, 0) is 21.9 Å². The first-order chi connectivity index (χ1) is 13.3. The van der Waals surface area contributed by atoms with Gasteiger partial charge in [0.25, 0.3) is 0 Å². The Morgan fingerprint density at radius 1 is 1.36 bits per heavy atom. The molecule has 2 heterocycles. The molecule has 0 spiro atoms. The second-order valence-electron chi connectivity index (χ2n) is 7.37. The fraction of sp³-hybridized carbons (Fsp3) is 0.579. The average Bonchev–Trinajstić information content (AvgIpc) is 2.98. The number of carbonyl (C=O) groups is 1. The number of piperidine rings is 1. The number of hydrogen-bond acceptors (Lipinski definition) is 5. The molecule has 154 valence electrons. The van der Waals surface area contributed by atoms with Gasteiger partial charge in [-0.25, -0.2) is 13.2 Å². The van der Waals surface area contributed by atoms with Crippen molar-refractivity contribution < 1.29 is 17.6 Å². The van der Waals surface area contributed by atoms with Crippen LogP contribution < -0.4 is 5.76 Å². The average molecular weight is 410 g/mol. The zero-order chi connectivity index (χ0) is 20.5. The Morgan fingerprint density at radius 2 is 2.11 bits per heavy atom. The second-order valence-corrected chi connectivity index (χ2v) is 9.31. The van der Waals surface area contributed by atoms with Gasteiger partial charge < -0.3 is 9.32 Å². The molecule has 3 rings (SSSR count). The fourth-order valence-corrected chi connectivity index (χ4v) is 5.14. The van der Waals surface area contributed by atoms with Gasteiger partial charge in [-0.3, -0.25) is 9.36 Å². The molecule has 1 saturated heterocycles. The van der Waals surface area contributed by atoms with E-state index in [4.69, 9.17) is 4.42 Å². The lowest BCUT2D eigenvalue weighted by atomic mass is 9.98. The fourth-order valence-electron chi connectivity index (χ4n) is 3.60. The van der Waals surface area contributed by atoms with Crippen LogP contribution in [0.3, 0.4) is 0 Å². The molecule has 0 N–H and O–H groups in total. The molecule has 0 unspecified atom stereocenters. The van der Waals surface area contributed by atoms with E-state index in [0.29, 0.717) is 31.4 Å². The van der Waals surface area contributed by atoms with Crippen LogP contribution in [0.1, 0.15) is 32.6 Å². The topological polar surface area (TPSA) is 92.8 Å². The molecule has 8 nitrogen and oxygen atoms in total. The smallest absolute Gasteiger partial charge is 0.408 e. The van der Waals surface area contributed by atoms with Gasteiger partial charge in [0.15, 0.2) is 5.58 Å². The summed E-state index contributed by atoms with van der Waals surface area (Å²) in [5, 5.41) is 0. The predicted molar refractivity (Wildman–Crippen MR) is 105 cm³/mol. The number of aromatic nitrogens is 1. The third kappa shape index (κ3) is 3.86. The largest absolute Gasteiger partial charge is 0.419 e. The maximum absolute atomic E-state index is 13.1. The third-order valence-corrected chi connectivity index (χ3v) is 7.22. The highest BCUT2D eigenvalue weighted by Crippen LogP contribution is 2.26. The van der Waals surface area contributed by atoms with Gasteiger partial charge in [0, 0.05) is 39.8 Å². The molecule has 0 saturated carbocycles. The minimum atomic E-state index is -3.77. The number of oxazole rings is 1. The normalized spacial score (nSPS) is 18.5. The van der Waals surface area contributed by atoms with Gasteiger partial charge in [-0.15, -0.1) is 0 Å². The van der Waals surface area contributed by atoms with Crippen LogP contribution in [0.5, 0.6) is 0 Å². The van der Waals surface area contributed by atoms with E-state index >= 15 is 0 Å². The van der Waals surface area contributed by atoms with Crippen LogP contribution in [-0.4, -0.2) is 54.8 Å². The first-order valence-corrected chi connectivity index (χ1v) is 11.0. The maximum atomic E-state index is 13.1. The molecule has 1 fully saturated rings. The molecule has 2 aromatic rings. The Balaban J connectivity index is 1.81. The molecule has 0 bridgehead atoms. The van der Waals surface area contributed by atoms with Crippen molar-refractivity contribution in [2.75, 3.05) is 26.7 Å². The van der Waals surface area contributed by atoms with Crippen LogP contribution >= 0.6 is 0 Å². The van der Waals surface area contributed by atoms with E-state index < -0.39 is 15.8 Å². The molecule has 0 aliphatic carbocycles. The molecule has 1 atom stereocenters. The summed E-state index contributed by atoms with van der Waals surface area (Å²) in [6.45, 7) is 3.30. The monoisotopic (exact) mass is 409 g/mol. The minimum absolute atomic E-state index is 0.00198. The lowest BCUT2D eigenvalue weighted by Gasteiger charge is -2.33. The highest BCUT2D eigenvalue weighted by Gasteiger charge is 2.34. The number of unbranched alkanes of at least 4 members (excludes halogenated alkanes) is 1. The number of amides is 1. The molecule has 1 aromatic heterocycles. The molecule has 1 aromatic carbocycles. The predicted octanol–water partition coefficient (Wildman–Crippen LogP) is 1.79. The second kappa shape index (κ2) is 8.08. The number of fused-ring (bicyclic) bond motifs is 1. The lowest BCUT2D eigenvalue weighted by Crippen LogP contribution is -2.46. The highest BCUT2D eigenvalue weighted by molar-refractivity contribution is 7.89. The van der Waals surface area contributed by atoms with Gasteiger partial charge >= 0.3 is 5.76 Å². The van der Waals surface area contributed by atoms with Gasteiger partial charge in [0.2, 0.25) is 15.9 Å². The van der Waals surface area contributed by atoms with Crippen molar-refractivity contribution in [3.05, 3.63) is 28.7 Å². The van der Waals surface area contributed by atoms with Crippen molar-refractivity contribution in [1.29, 1.82) is 0 Å². The molecular weight excluding hydrogens is 382 g/mol. The number of carbonyl (C=O) groups excluding carboxylic acids is 1. The lowest BCUT2D eigenvalue weighted by molar-refractivity contribution is -0.135. The van der Waals surface area contributed by atoms with Crippen molar-refractivity contribution in [2.45, 2.75) is 37.5 Å². The van der Waals surface area contributed by atoms with E-state index in [0.717, 1.165) is 12.8 Å². The summed E-state index contributed by atoms with van der Waals surface area (Å²) in [6, 6.07) is 4.43. The number of nitrogens with zero attached hydrogens (tertiary/aromatic N) is 3. The quantitative estimate of drug-likeness (QED) is 0.725. The zero-order valence-corrected chi connectivity index (χ0v) is 17.4. The molecule has 1 aliphatic rings. The van der Waals surface area contributed by atoms with Crippen molar-refractivity contribution >= 4 is 27.0 Å². The Morgan fingerprint density at radius 3 is 2.82 bits per heavy atom. The summed E-state index contributed by atoms with van der Waals surface area (Å²) in [6.07, 6.45) is 3.26. The van der Waals surface area contributed by atoms with E-state index in [2.05, 4.69) is 6.92 Å². The molecule has 9 heteroatoms. The summed E-state index contributed by atoms with van der Waals surface area (Å²) in [5.74, 6) is -0.870. The van der Waals surface area contributed by atoms with Gasteiger partial charge in [0.05, 0.1) is 16.3 Å². The van der Waals surface area contributed by atoms with Crippen LogP contribution in [0.25, 0.3) is 11.1 Å². The first kappa shape index (κ1) is 20.6. The first-order valence-electron chi connectivity index (χ1n) is 9.60. The summed E-state index contributed by atoms with van der Waals surface area (Å²) < 4.78 is 34.0. The molecule has 1 aliphatic heterocycles. The number of rotatable bonds is 6. The van der Waals surface area contributed by atoms with Gasteiger partial charge in [-0.1, -0.05) is 13.3 Å². The maximum Gasteiger partial charge on any atom is 0.419 e. The van der Waals surface area contributed by atoms with E-state index in [1.807, 2.05) is 0 Å². The van der Waals surface area contributed by atoms with Gasteiger partial charge in [-0.2, -0.15) is 4.31 Å². The van der Waals surface area contributed by atoms with Crippen LogP contribution in [0.15, 0.2) is 32.3 Å². The molecule has 28 heavy (non-hydrogen) atoms. The van der Waals surface area contributed by atoms with Crippen LogP contribution in [0.2, 0.25) is 0 Å². The Bertz CT molecular complexity index is 1020. The van der Waals surface area contributed by atoms with E-state index in [-0.39, 0.29) is 28.8 Å². The number of sulfonamides is 1. The molecule has 1 amide bonds. The Hall–Kier alpha value is -2.13. The van der Waals surface area contributed by atoms with E-state index in [1.165, 1.54) is 21.0 Å². The minimum Gasteiger partial charge on any atom is -0.408 e. The highest BCUT2D eigenvalue weighted by atomic mass is 32.2. The summed E-state index contributed by atoms with van der Waals surface area (Å²) in [7, 11) is -0.433. The Kier molecular flexibility index (Phi) is 5.95.